The lowest BCUT2D eigenvalue weighted by Crippen LogP contribution is -2.40. The Bertz CT molecular complexity index is 475. The molecule has 22 heavy (non-hydrogen) atoms. The van der Waals surface area contributed by atoms with Crippen molar-refractivity contribution in [2.24, 2.45) is 12.0 Å². The van der Waals surface area contributed by atoms with E-state index in [0.717, 1.165) is 12.2 Å². The molecule has 8 nitrogen and oxygen atoms in total. The molecule has 0 aromatic carbocycles. The van der Waals surface area contributed by atoms with Crippen molar-refractivity contribution in [3.63, 3.8) is 0 Å². The second kappa shape index (κ2) is 11.2. The van der Waals surface area contributed by atoms with Crippen LogP contribution in [0.5, 0.6) is 0 Å². The van der Waals surface area contributed by atoms with E-state index < -0.39 is 0 Å². The molecule has 1 aromatic heterocycles. The van der Waals surface area contributed by atoms with E-state index >= 15 is 0 Å². The molecular formula is C13H26IN7O. The Labute approximate surface area is 148 Å². The molecular weight excluding hydrogens is 397 g/mol. The molecule has 1 heterocycles. The molecule has 1 unspecified atom stereocenters. The van der Waals surface area contributed by atoms with E-state index in [1.54, 1.807) is 11.7 Å². The van der Waals surface area contributed by atoms with Crippen LogP contribution >= 0.6 is 24.0 Å². The maximum Gasteiger partial charge on any atom is 0.221 e. The second-order valence-corrected chi connectivity index (χ2v) is 4.78. The van der Waals surface area contributed by atoms with Crippen LogP contribution in [-0.2, 0) is 18.4 Å². The number of nitrogens with zero attached hydrogens (tertiary/aromatic N) is 4. The normalized spacial score (nSPS) is 12.3. The topological polar surface area (TPSA) is 96.2 Å². The summed E-state index contributed by atoms with van der Waals surface area (Å²) >= 11 is 0. The largest absolute Gasteiger partial charge is 0.356 e. The smallest absolute Gasteiger partial charge is 0.221 e. The monoisotopic (exact) mass is 423 g/mol. The standard InChI is InChI=1S/C13H25N7O.HI/c1-5-10(2)19-12(21)6-7-15-13(14-3)16-8-11-17-9-18-20(11)4;/h9-10H,5-8H2,1-4H3,(H,19,21)(H2,14,15,16);1H. The molecule has 1 atom stereocenters. The van der Waals surface area contributed by atoms with Crippen LogP contribution in [0, 0.1) is 0 Å². The summed E-state index contributed by atoms with van der Waals surface area (Å²) in [5.41, 5.74) is 0. The van der Waals surface area contributed by atoms with Crippen LogP contribution in [0.1, 0.15) is 32.5 Å². The van der Waals surface area contributed by atoms with Crippen LogP contribution in [0.2, 0.25) is 0 Å². The fourth-order valence-corrected chi connectivity index (χ4v) is 1.61. The van der Waals surface area contributed by atoms with Gasteiger partial charge in [0.1, 0.15) is 12.2 Å². The zero-order chi connectivity index (χ0) is 15.7. The highest BCUT2D eigenvalue weighted by Gasteiger charge is 2.06. The SMILES string of the molecule is CCC(C)NC(=O)CCNC(=NC)NCc1ncnn1C.I. The average molecular weight is 423 g/mol. The van der Waals surface area contributed by atoms with Gasteiger partial charge in [-0.25, -0.2) is 4.98 Å². The van der Waals surface area contributed by atoms with Gasteiger partial charge in [0.05, 0.1) is 6.54 Å². The molecule has 0 saturated carbocycles. The van der Waals surface area contributed by atoms with Gasteiger partial charge in [-0.15, -0.1) is 24.0 Å². The van der Waals surface area contributed by atoms with E-state index in [-0.39, 0.29) is 35.9 Å². The zero-order valence-electron chi connectivity index (χ0n) is 13.6. The maximum atomic E-state index is 11.6. The van der Waals surface area contributed by atoms with Crippen LogP contribution in [0.15, 0.2) is 11.3 Å². The first-order valence-corrected chi connectivity index (χ1v) is 7.13. The van der Waals surface area contributed by atoms with Crippen molar-refractivity contribution in [3.05, 3.63) is 12.2 Å². The summed E-state index contributed by atoms with van der Waals surface area (Å²) in [6.07, 6.45) is 2.85. The first-order valence-electron chi connectivity index (χ1n) is 7.13. The van der Waals surface area contributed by atoms with E-state index in [2.05, 4.69) is 31.0 Å². The van der Waals surface area contributed by atoms with Gasteiger partial charge in [0.25, 0.3) is 0 Å². The van der Waals surface area contributed by atoms with E-state index in [9.17, 15) is 4.79 Å². The van der Waals surface area contributed by atoms with Crippen molar-refractivity contribution in [2.45, 2.75) is 39.3 Å². The van der Waals surface area contributed by atoms with Gasteiger partial charge in [-0.2, -0.15) is 5.10 Å². The predicted molar refractivity (Wildman–Crippen MR) is 97.1 cm³/mol. The van der Waals surface area contributed by atoms with Crippen molar-refractivity contribution in [1.82, 2.24) is 30.7 Å². The van der Waals surface area contributed by atoms with Gasteiger partial charge in [0.2, 0.25) is 5.91 Å². The van der Waals surface area contributed by atoms with Crippen LogP contribution in [0.25, 0.3) is 0 Å². The minimum Gasteiger partial charge on any atom is -0.356 e. The molecule has 0 aliphatic heterocycles. The molecule has 0 aliphatic carbocycles. The summed E-state index contributed by atoms with van der Waals surface area (Å²) < 4.78 is 1.69. The fourth-order valence-electron chi connectivity index (χ4n) is 1.61. The van der Waals surface area contributed by atoms with E-state index in [1.165, 1.54) is 6.33 Å². The average Bonchev–Trinajstić information content (AvgIpc) is 2.87. The van der Waals surface area contributed by atoms with Crippen molar-refractivity contribution >= 4 is 35.8 Å². The number of guanidine groups is 1. The molecule has 1 aromatic rings. The third-order valence-electron chi connectivity index (χ3n) is 3.11. The molecule has 0 radical (unpaired) electrons. The molecule has 126 valence electrons. The molecule has 9 heteroatoms. The number of hydrogen-bond acceptors (Lipinski definition) is 4. The minimum atomic E-state index is 0. The Hall–Kier alpha value is -1.39. The van der Waals surface area contributed by atoms with Crippen molar-refractivity contribution < 1.29 is 4.79 Å². The second-order valence-electron chi connectivity index (χ2n) is 4.78. The van der Waals surface area contributed by atoms with Crippen LogP contribution in [0.3, 0.4) is 0 Å². The lowest BCUT2D eigenvalue weighted by Gasteiger charge is -2.13. The number of nitrogens with one attached hydrogen (secondary N) is 3. The van der Waals surface area contributed by atoms with E-state index in [1.807, 2.05) is 20.9 Å². The number of carbonyl (C=O) groups is 1. The van der Waals surface area contributed by atoms with Crippen molar-refractivity contribution in [2.75, 3.05) is 13.6 Å². The van der Waals surface area contributed by atoms with Gasteiger partial charge in [0.15, 0.2) is 5.96 Å². The van der Waals surface area contributed by atoms with Gasteiger partial charge < -0.3 is 16.0 Å². The van der Waals surface area contributed by atoms with Gasteiger partial charge in [0, 0.05) is 33.1 Å². The van der Waals surface area contributed by atoms with E-state index in [4.69, 9.17) is 0 Å². The summed E-state index contributed by atoms with van der Waals surface area (Å²) in [4.78, 5) is 19.8. The molecule has 1 amide bonds. The highest BCUT2D eigenvalue weighted by Crippen LogP contribution is 1.90. The first kappa shape index (κ1) is 20.6. The Kier molecular flexibility index (Phi) is 10.5. The number of hydrogen-bond donors (Lipinski definition) is 3. The quantitative estimate of drug-likeness (QED) is 0.335. The van der Waals surface area contributed by atoms with Crippen molar-refractivity contribution in [3.8, 4) is 0 Å². The summed E-state index contributed by atoms with van der Waals surface area (Å²) in [5.74, 6) is 1.49. The minimum absolute atomic E-state index is 0. The Morgan fingerprint density at radius 1 is 1.45 bits per heavy atom. The summed E-state index contributed by atoms with van der Waals surface area (Å²) in [6.45, 7) is 5.09. The zero-order valence-corrected chi connectivity index (χ0v) is 15.9. The number of rotatable bonds is 7. The van der Waals surface area contributed by atoms with Gasteiger partial charge in [-0.3, -0.25) is 14.5 Å². The molecule has 0 fully saturated rings. The molecule has 3 N–H and O–H groups in total. The lowest BCUT2D eigenvalue weighted by molar-refractivity contribution is -0.121. The third-order valence-corrected chi connectivity index (χ3v) is 3.11. The molecule has 0 saturated heterocycles. The summed E-state index contributed by atoms with van der Waals surface area (Å²) in [6, 6.07) is 0.214. The number of aryl methyl sites for hydroxylation is 1. The van der Waals surface area contributed by atoms with Gasteiger partial charge in [-0.05, 0) is 13.3 Å². The number of aromatic nitrogens is 3. The number of aliphatic imine (C=N–C) groups is 1. The Balaban J connectivity index is 0.00000441. The van der Waals surface area contributed by atoms with Crippen LogP contribution in [0.4, 0.5) is 0 Å². The molecule has 0 bridgehead atoms. The molecule has 1 rings (SSSR count). The van der Waals surface area contributed by atoms with Crippen LogP contribution in [-0.4, -0.2) is 46.3 Å². The van der Waals surface area contributed by atoms with Crippen LogP contribution < -0.4 is 16.0 Å². The number of halogens is 1. The van der Waals surface area contributed by atoms with Crippen molar-refractivity contribution in [1.29, 1.82) is 0 Å². The number of amides is 1. The number of carbonyl (C=O) groups excluding carboxylic acids is 1. The highest BCUT2D eigenvalue weighted by atomic mass is 127. The predicted octanol–water partition coefficient (Wildman–Crippen LogP) is 0.403. The van der Waals surface area contributed by atoms with Gasteiger partial charge in [-0.1, -0.05) is 6.92 Å². The van der Waals surface area contributed by atoms with E-state index in [0.29, 0.717) is 25.5 Å². The Morgan fingerprint density at radius 3 is 2.73 bits per heavy atom. The summed E-state index contributed by atoms with van der Waals surface area (Å²) in [7, 11) is 3.52. The highest BCUT2D eigenvalue weighted by molar-refractivity contribution is 14.0. The maximum absolute atomic E-state index is 11.6. The lowest BCUT2D eigenvalue weighted by atomic mass is 10.2. The first-order chi connectivity index (χ1) is 10.1. The Morgan fingerprint density at radius 2 is 2.18 bits per heavy atom. The molecule has 0 spiro atoms. The third kappa shape index (κ3) is 7.57. The summed E-state index contributed by atoms with van der Waals surface area (Å²) in [5, 5.41) is 13.1. The molecule has 0 aliphatic rings. The fraction of sp³-hybridized carbons (Fsp3) is 0.692. The van der Waals surface area contributed by atoms with Gasteiger partial charge >= 0.3 is 0 Å².